The molecule has 0 saturated heterocycles. The lowest BCUT2D eigenvalue weighted by molar-refractivity contribution is 0.332. The Labute approximate surface area is 382 Å². The van der Waals surface area contributed by atoms with Gasteiger partial charge in [-0.2, -0.15) is 0 Å². The van der Waals surface area contributed by atoms with Crippen LogP contribution in [0.5, 0.6) is 0 Å². The molecule has 0 fully saturated rings. The second kappa shape index (κ2) is 12.7. The molecule has 2 aliphatic heterocycles. The Bertz CT molecular complexity index is 3680. The van der Waals surface area contributed by atoms with Crippen molar-refractivity contribution in [1.29, 1.82) is 0 Å². The van der Waals surface area contributed by atoms with Gasteiger partial charge >= 0.3 is 6.85 Å². The molecule has 5 heteroatoms. The van der Waals surface area contributed by atoms with Crippen LogP contribution in [0.3, 0.4) is 0 Å². The molecular weight excluding hydrogens is 791 g/mol. The molecule has 5 heterocycles. The Hall–Kier alpha value is -6.46. The zero-order chi connectivity index (χ0) is 44.7. The molecule has 0 spiro atoms. The van der Waals surface area contributed by atoms with Crippen molar-refractivity contribution in [1.82, 2.24) is 4.57 Å². The van der Waals surface area contributed by atoms with Crippen LogP contribution in [0, 0.1) is 0 Å². The van der Waals surface area contributed by atoms with Crippen LogP contribution in [0.2, 0.25) is 0 Å². The summed E-state index contributed by atoms with van der Waals surface area (Å²) in [6.45, 7) is 23.5. The third-order valence-corrected chi connectivity index (χ3v) is 15.8. The molecule has 65 heavy (non-hydrogen) atoms. The van der Waals surface area contributed by atoms with Crippen molar-refractivity contribution < 1.29 is 8.83 Å². The summed E-state index contributed by atoms with van der Waals surface area (Å²) in [5.41, 5.74) is 21.7. The van der Waals surface area contributed by atoms with Gasteiger partial charge < -0.3 is 18.2 Å². The number of rotatable bonds is 2. The van der Waals surface area contributed by atoms with Crippen molar-refractivity contribution in [3.8, 4) is 27.9 Å². The summed E-state index contributed by atoms with van der Waals surface area (Å²) < 4.78 is 16.6. The summed E-state index contributed by atoms with van der Waals surface area (Å²) in [4.78, 5) is 2.65. The van der Waals surface area contributed by atoms with Crippen LogP contribution in [0.25, 0.3) is 82.7 Å². The molecule has 10 aromatic rings. The van der Waals surface area contributed by atoms with Crippen LogP contribution in [0.15, 0.2) is 136 Å². The predicted molar refractivity (Wildman–Crippen MR) is 275 cm³/mol. The van der Waals surface area contributed by atoms with E-state index in [1.165, 1.54) is 88.6 Å². The highest BCUT2D eigenvalue weighted by Crippen LogP contribution is 2.54. The normalized spacial score (nSPS) is 16.2. The smallest absolute Gasteiger partial charge is 0.333 e. The summed E-state index contributed by atoms with van der Waals surface area (Å²) in [5, 5.41) is 5.94. The van der Waals surface area contributed by atoms with Gasteiger partial charge in [0.15, 0.2) is 0 Å². The van der Waals surface area contributed by atoms with E-state index in [0.717, 1.165) is 51.5 Å². The number of anilines is 2. The zero-order valence-electron chi connectivity index (χ0n) is 39.3. The van der Waals surface area contributed by atoms with E-state index < -0.39 is 0 Å². The zero-order valence-corrected chi connectivity index (χ0v) is 39.3. The van der Waals surface area contributed by atoms with E-state index >= 15 is 0 Å². The Kier molecular flexibility index (Phi) is 7.59. The second-order valence-corrected chi connectivity index (χ2v) is 22.8. The van der Waals surface area contributed by atoms with E-state index in [9.17, 15) is 0 Å². The van der Waals surface area contributed by atoms with E-state index in [1.54, 1.807) is 0 Å². The van der Waals surface area contributed by atoms with Crippen molar-refractivity contribution in [2.75, 3.05) is 4.81 Å². The third-order valence-electron chi connectivity index (χ3n) is 15.8. The van der Waals surface area contributed by atoms with Crippen LogP contribution in [-0.2, 0) is 21.7 Å². The van der Waals surface area contributed by atoms with E-state index in [4.69, 9.17) is 8.83 Å². The number of fused-ring (bicyclic) bond motifs is 15. The monoisotopic (exact) mass is 846 g/mol. The van der Waals surface area contributed by atoms with Crippen LogP contribution >= 0.6 is 0 Å². The Morgan fingerprint density at radius 2 is 1.26 bits per heavy atom. The lowest BCUT2D eigenvalue weighted by Gasteiger charge is -2.43. The van der Waals surface area contributed by atoms with Gasteiger partial charge in [-0.25, -0.2) is 0 Å². The molecule has 0 saturated carbocycles. The van der Waals surface area contributed by atoms with Gasteiger partial charge in [0.25, 0.3) is 0 Å². The Morgan fingerprint density at radius 3 is 1.98 bits per heavy atom. The molecule has 4 nitrogen and oxygen atoms in total. The fourth-order valence-electron chi connectivity index (χ4n) is 12.1. The third kappa shape index (κ3) is 5.27. The number of furan rings is 2. The summed E-state index contributed by atoms with van der Waals surface area (Å²) in [6.07, 6.45) is 4.25. The van der Waals surface area contributed by atoms with Crippen LogP contribution in [0.1, 0.15) is 104 Å². The molecular formula is C60H55BN2O2. The summed E-state index contributed by atoms with van der Waals surface area (Å²) >= 11 is 0. The minimum atomic E-state index is -0.178. The number of nitrogens with zero attached hydrogens (tertiary/aromatic N) is 2. The number of hydrogen-bond acceptors (Lipinski definition) is 3. The van der Waals surface area contributed by atoms with Gasteiger partial charge in [-0.3, -0.25) is 0 Å². The number of hydrogen-bond donors (Lipinski definition) is 0. The first kappa shape index (κ1) is 39.0. The van der Waals surface area contributed by atoms with Gasteiger partial charge in [0.1, 0.15) is 16.7 Å². The maximum atomic E-state index is 7.30. The van der Waals surface area contributed by atoms with Crippen molar-refractivity contribution in [3.63, 3.8) is 0 Å². The lowest BCUT2D eigenvalue weighted by atomic mass is 9.43. The van der Waals surface area contributed by atoms with Crippen molar-refractivity contribution in [3.05, 3.63) is 150 Å². The van der Waals surface area contributed by atoms with Gasteiger partial charge in [-0.05, 0) is 133 Å². The summed E-state index contributed by atoms with van der Waals surface area (Å²) in [6, 6.07) is 46.0. The number of aromatic nitrogens is 1. The fraction of sp³-hybridized carbons (Fsp3) is 0.267. The molecule has 0 N–H and O–H groups in total. The van der Waals surface area contributed by atoms with E-state index in [0.29, 0.717) is 0 Å². The van der Waals surface area contributed by atoms with Crippen molar-refractivity contribution in [2.45, 2.75) is 104 Å². The molecule has 7 aromatic carbocycles. The van der Waals surface area contributed by atoms with Gasteiger partial charge in [0.2, 0.25) is 0 Å². The molecule has 1 aliphatic carbocycles. The quantitative estimate of drug-likeness (QED) is 0.163. The Balaban J connectivity index is 1.27. The van der Waals surface area contributed by atoms with Gasteiger partial charge in [-0.1, -0.05) is 136 Å². The molecule has 0 radical (unpaired) electrons. The first-order valence-electron chi connectivity index (χ1n) is 23.7. The molecule has 0 bridgehead atoms. The van der Waals surface area contributed by atoms with Crippen molar-refractivity contribution >= 4 is 83.9 Å². The largest absolute Gasteiger partial charge is 0.464 e. The molecule has 0 amide bonds. The maximum absolute atomic E-state index is 7.30. The minimum absolute atomic E-state index is 0.0225. The first-order chi connectivity index (χ1) is 31.0. The average molecular weight is 847 g/mol. The number of para-hydroxylation sites is 1. The predicted octanol–water partition coefficient (Wildman–Crippen LogP) is 15.3. The number of benzene rings is 7. The molecule has 0 unspecified atom stereocenters. The molecule has 13 rings (SSSR count). The van der Waals surface area contributed by atoms with Crippen LogP contribution in [0.4, 0.5) is 11.4 Å². The van der Waals surface area contributed by atoms with Gasteiger partial charge in [0, 0.05) is 49.7 Å². The summed E-state index contributed by atoms with van der Waals surface area (Å²) in [5.74, 6) is 0. The second-order valence-electron chi connectivity index (χ2n) is 22.8. The lowest BCUT2D eigenvalue weighted by Crippen LogP contribution is -2.60. The maximum Gasteiger partial charge on any atom is 0.333 e. The SMILES string of the molecule is CC(C)(C)c1ccc(N2B3c4cc5occ(-c6ccccc6)c5cc4-n4c5cc6c(cc5c5c7oc8ccccc8c7c(c3c54)-c3cc(C(C)(C)C)ccc32)C(C)(C)CCC6(C)C)cc1. The van der Waals surface area contributed by atoms with E-state index in [-0.39, 0.29) is 28.5 Å². The minimum Gasteiger partial charge on any atom is -0.464 e. The molecule has 0 atom stereocenters. The first-order valence-corrected chi connectivity index (χ1v) is 23.7. The molecule has 3 aromatic heterocycles. The molecule has 320 valence electrons. The topological polar surface area (TPSA) is 34.5 Å². The van der Waals surface area contributed by atoms with Gasteiger partial charge in [0.05, 0.1) is 22.7 Å². The van der Waals surface area contributed by atoms with Crippen molar-refractivity contribution in [2.24, 2.45) is 0 Å². The van der Waals surface area contributed by atoms with E-state index in [1.807, 2.05) is 6.26 Å². The average Bonchev–Trinajstić information content (AvgIpc) is 3.98. The fourth-order valence-corrected chi connectivity index (χ4v) is 12.1. The van der Waals surface area contributed by atoms with E-state index in [2.05, 4.69) is 200 Å². The highest BCUT2D eigenvalue weighted by molar-refractivity contribution is 6.94. The van der Waals surface area contributed by atoms with Crippen LogP contribution < -0.4 is 15.7 Å². The Morgan fingerprint density at radius 1 is 0.585 bits per heavy atom. The van der Waals surface area contributed by atoms with Gasteiger partial charge in [-0.15, -0.1) is 0 Å². The highest BCUT2D eigenvalue weighted by Gasteiger charge is 2.47. The van der Waals surface area contributed by atoms with Crippen LogP contribution in [-0.4, -0.2) is 11.4 Å². The highest BCUT2D eigenvalue weighted by atomic mass is 16.3. The standard InChI is InChI=1S/C60H55BN2O2/c1-57(2,3)35-20-23-37(24-21-35)63-46-25-22-36(58(4,5)6)28-40(46)51-52-38-18-14-15-19-49(38)65-56(52)53-41-29-43-44(60(9,10)27-26-59(43,7)8)31-47(41)62-48-30-39-42(34-16-12-11-13-17-34)33-64-50(39)32-45(48)61(63)54(51)55(53)62/h11-25,28-33H,26-27H2,1-10H3. The summed E-state index contributed by atoms with van der Waals surface area (Å²) in [7, 11) is 0. The molecule has 3 aliphatic rings.